The third-order valence-electron chi connectivity index (χ3n) is 11.8. The van der Waals surface area contributed by atoms with Crippen LogP contribution in [0.3, 0.4) is 0 Å². The Hall–Kier alpha value is -6.77. The molecule has 0 bridgehead atoms. The summed E-state index contributed by atoms with van der Waals surface area (Å²) in [4.78, 5) is 47.4. The fraction of sp³-hybridized carbons (Fsp3) is 0.389. The van der Waals surface area contributed by atoms with Crippen LogP contribution in [0, 0.1) is 13.8 Å². The fourth-order valence-electron chi connectivity index (χ4n) is 8.48. The monoisotopic (exact) mass is 932 g/mol. The number of benzene rings is 5. The molecular formula is C54H64N2O12. The predicted octanol–water partition coefficient (Wildman–Crippen LogP) is 9.40. The Balaban J connectivity index is 1.49. The molecular weight excluding hydrogens is 869 g/mol. The zero-order chi connectivity index (χ0) is 49.1. The van der Waals surface area contributed by atoms with Crippen LogP contribution in [0.15, 0.2) is 91.0 Å². The summed E-state index contributed by atoms with van der Waals surface area (Å²) in [5.41, 5.74) is 5.02. The van der Waals surface area contributed by atoms with Crippen molar-refractivity contribution >= 4 is 17.8 Å². The number of ketones is 1. The molecule has 0 radical (unpaired) electrons. The average Bonchev–Trinajstić information content (AvgIpc) is 3.33. The van der Waals surface area contributed by atoms with Crippen LogP contribution in [-0.2, 0) is 51.9 Å². The summed E-state index contributed by atoms with van der Waals surface area (Å²) in [5, 5.41) is 0. The summed E-state index contributed by atoms with van der Waals surface area (Å²) >= 11 is 0. The van der Waals surface area contributed by atoms with Gasteiger partial charge in [-0.15, -0.1) is 0 Å². The van der Waals surface area contributed by atoms with Crippen LogP contribution in [-0.4, -0.2) is 95.0 Å². The van der Waals surface area contributed by atoms with Crippen LogP contribution in [0.1, 0.15) is 81.7 Å². The van der Waals surface area contributed by atoms with E-state index in [1.54, 1.807) is 41.9 Å². The molecule has 0 unspecified atom stereocenters. The molecule has 1 aliphatic heterocycles. The lowest BCUT2D eigenvalue weighted by Crippen LogP contribution is -2.55. The van der Waals surface area contributed by atoms with Crippen molar-refractivity contribution < 1.29 is 57.0 Å². The lowest BCUT2D eigenvalue weighted by molar-refractivity contribution is -0.140. The van der Waals surface area contributed by atoms with E-state index < -0.39 is 35.5 Å². The predicted molar refractivity (Wildman–Crippen MR) is 257 cm³/mol. The molecule has 2 atom stereocenters. The molecule has 362 valence electrons. The first-order chi connectivity index (χ1) is 32.6. The van der Waals surface area contributed by atoms with E-state index in [4.69, 9.17) is 42.6 Å². The van der Waals surface area contributed by atoms with Crippen LogP contribution in [0.2, 0.25) is 0 Å². The maximum Gasteiger partial charge on any atom is 0.410 e. The number of methoxy groups -OCH3 is 5. The summed E-state index contributed by atoms with van der Waals surface area (Å²) in [6.07, 6.45) is -0.786. The topological polar surface area (TPSA) is 141 Å². The van der Waals surface area contributed by atoms with Gasteiger partial charge in [0.05, 0.1) is 80.1 Å². The van der Waals surface area contributed by atoms with Gasteiger partial charge in [-0.05, 0) is 74.6 Å². The molecule has 14 nitrogen and oxygen atoms in total. The first-order valence-corrected chi connectivity index (χ1v) is 22.4. The highest BCUT2D eigenvalue weighted by atomic mass is 16.6. The average molecular weight is 933 g/mol. The standard InChI is InChI=1S/C54H64N2O12/c1-34-26-39(41(32-65-30-38-22-24-40(60-7)25-23-38)50(47(34)61-8)67-31-37-20-16-13-17-21-37)27-42(55(6)53(59)68-54(3,4)5)52(58)56-28-44(57)46-45(43(56)33-66-29-36-18-14-12-15-19-36)51(64-11)49(63-10)35(2)48(46)62-9/h12-26,42-43H,27-33H2,1-11H3/t42-,43-/m0/s1. The van der Waals surface area contributed by atoms with Gasteiger partial charge in [-0.3, -0.25) is 14.5 Å². The van der Waals surface area contributed by atoms with Crippen LogP contribution in [0.5, 0.6) is 34.5 Å². The number of hydrogen-bond acceptors (Lipinski definition) is 12. The van der Waals surface area contributed by atoms with E-state index in [2.05, 4.69) is 0 Å². The van der Waals surface area contributed by atoms with Gasteiger partial charge in [0, 0.05) is 30.2 Å². The number of nitrogens with zero attached hydrogens (tertiary/aromatic N) is 2. The SMILES string of the molecule is COc1ccc(COCc2c(C[C@@H](C(=O)N3CC(=O)c4c(OC)c(C)c(OC)c(OC)c4[C@@H]3COCc3ccccc3)N(C)C(=O)OC(C)(C)C)cc(C)c(OC)c2OCc2ccccc2)cc1. The van der Waals surface area contributed by atoms with E-state index >= 15 is 4.79 Å². The van der Waals surface area contributed by atoms with Crippen molar-refractivity contribution in [3.8, 4) is 34.5 Å². The highest BCUT2D eigenvalue weighted by molar-refractivity contribution is 6.06. The second-order valence-corrected chi connectivity index (χ2v) is 17.5. The van der Waals surface area contributed by atoms with Gasteiger partial charge in [0.2, 0.25) is 5.91 Å². The molecule has 6 rings (SSSR count). The Bertz CT molecular complexity index is 2520. The van der Waals surface area contributed by atoms with Gasteiger partial charge in [-0.25, -0.2) is 4.79 Å². The van der Waals surface area contributed by atoms with E-state index in [-0.39, 0.29) is 57.3 Å². The van der Waals surface area contributed by atoms with Gasteiger partial charge in [0.1, 0.15) is 29.7 Å². The number of likely N-dealkylation sites (N-methyl/N-ethyl adjacent to an activating group) is 1. The van der Waals surface area contributed by atoms with Crippen LogP contribution in [0.4, 0.5) is 4.79 Å². The maximum atomic E-state index is 15.8. The number of aryl methyl sites for hydroxylation is 1. The number of Topliss-reactive ketones (excluding diaryl/α,β-unsaturated/α-hetero) is 1. The molecule has 1 heterocycles. The highest BCUT2D eigenvalue weighted by Crippen LogP contribution is 2.50. The Morgan fingerprint density at radius 2 is 1.26 bits per heavy atom. The molecule has 1 aliphatic rings. The van der Waals surface area contributed by atoms with Crippen molar-refractivity contribution in [2.45, 2.75) is 85.2 Å². The Morgan fingerprint density at radius 1 is 0.691 bits per heavy atom. The van der Waals surface area contributed by atoms with Gasteiger partial charge in [-0.2, -0.15) is 0 Å². The van der Waals surface area contributed by atoms with Crippen molar-refractivity contribution in [3.05, 3.63) is 141 Å². The van der Waals surface area contributed by atoms with Gasteiger partial charge >= 0.3 is 6.09 Å². The first-order valence-electron chi connectivity index (χ1n) is 22.4. The molecule has 0 saturated carbocycles. The largest absolute Gasteiger partial charge is 0.497 e. The zero-order valence-electron chi connectivity index (χ0n) is 41.1. The number of carbonyl (C=O) groups excluding carboxylic acids is 3. The lowest BCUT2D eigenvalue weighted by atomic mass is 9.86. The van der Waals surface area contributed by atoms with Crippen LogP contribution >= 0.6 is 0 Å². The normalized spacial score (nSPS) is 13.8. The number of ether oxygens (including phenoxy) is 9. The van der Waals surface area contributed by atoms with Gasteiger partial charge < -0.3 is 47.5 Å². The number of carbonyl (C=O) groups is 3. The van der Waals surface area contributed by atoms with Crippen molar-refractivity contribution in [1.29, 1.82) is 0 Å². The minimum atomic E-state index is -1.24. The fourth-order valence-corrected chi connectivity index (χ4v) is 8.48. The maximum absolute atomic E-state index is 15.8. The molecule has 14 heteroatoms. The Morgan fingerprint density at radius 3 is 1.84 bits per heavy atom. The molecule has 0 saturated heterocycles. The number of amides is 2. The summed E-state index contributed by atoms with van der Waals surface area (Å²) in [6.45, 7) is 9.23. The first kappa shape index (κ1) is 50.6. The molecule has 68 heavy (non-hydrogen) atoms. The minimum Gasteiger partial charge on any atom is -0.497 e. The molecule has 5 aromatic rings. The van der Waals surface area contributed by atoms with E-state index in [9.17, 15) is 9.59 Å². The van der Waals surface area contributed by atoms with Crippen LogP contribution < -0.4 is 28.4 Å². The third kappa shape index (κ3) is 11.7. The molecule has 0 aromatic heterocycles. The number of hydrogen-bond donors (Lipinski definition) is 0. The molecule has 0 spiro atoms. The van der Waals surface area contributed by atoms with Crippen molar-refractivity contribution in [2.75, 3.05) is 55.7 Å². The summed E-state index contributed by atoms with van der Waals surface area (Å²) in [7, 11) is 9.19. The van der Waals surface area contributed by atoms with E-state index in [1.165, 1.54) is 38.2 Å². The zero-order valence-corrected chi connectivity index (χ0v) is 41.1. The summed E-state index contributed by atoms with van der Waals surface area (Å²) < 4.78 is 54.5. The molecule has 2 amide bonds. The smallest absolute Gasteiger partial charge is 0.410 e. The Kier molecular flexibility index (Phi) is 17.0. The van der Waals surface area contributed by atoms with Crippen LogP contribution in [0.25, 0.3) is 0 Å². The van der Waals surface area contributed by atoms with Crippen molar-refractivity contribution in [3.63, 3.8) is 0 Å². The van der Waals surface area contributed by atoms with Crippen molar-refractivity contribution in [1.82, 2.24) is 9.80 Å². The second kappa shape index (κ2) is 22.8. The molecule has 0 fully saturated rings. The molecule has 5 aromatic carbocycles. The minimum absolute atomic E-state index is 0.0425. The lowest BCUT2D eigenvalue weighted by Gasteiger charge is -2.41. The van der Waals surface area contributed by atoms with Gasteiger partial charge in [0.25, 0.3) is 0 Å². The highest BCUT2D eigenvalue weighted by Gasteiger charge is 2.45. The van der Waals surface area contributed by atoms with Gasteiger partial charge in [0.15, 0.2) is 28.8 Å². The van der Waals surface area contributed by atoms with E-state index in [0.29, 0.717) is 45.3 Å². The van der Waals surface area contributed by atoms with E-state index in [0.717, 1.165) is 28.0 Å². The summed E-state index contributed by atoms with van der Waals surface area (Å²) in [6, 6.07) is 26.7. The van der Waals surface area contributed by atoms with E-state index in [1.807, 2.05) is 97.9 Å². The third-order valence-corrected chi connectivity index (χ3v) is 11.8. The number of fused-ring (bicyclic) bond motifs is 1. The number of rotatable bonds is 20. The van der Waals surface area contributed by atoms with Gasteiger partial charge in [-0.1, -0.05) is 78.9 Å². The van der Waals surface area contributed by atoms with Crippen molar-refractivity contribution in [2.24, 2.45) is 0 Å². The quantitative estimate of drug-likeness (QED) is 0.0735. The molecule has 0 aliphatic carbocycles. The second-order valence-electron chi connectivity index (χ2n) is 17.5. The Labute approximate surface area is 399 Å². The molecule has 0 N–H and O–H groups in total. The summed E-state index contributed by atoms with van der Waals surface area (Å²) in [5.74, 6) is 1.62.